The number of allylic oxidation sites excluding steroid dienone is 18. The lowest BCUT2D eigenvalue weighted by Crippen LogP contribution is -2.30. The van der Waals surface area contributed by atoms with Crippen LogP contribution in [0.25, 0.3) is 0 Å². The second-order valence-corrected chi connectivity index (χ2v) is 19.9. The first-order valence-electron chi connectivity index (χ1n) is 30.4. The molecule has 416 valence electrons. The Morgan fingerprint density at radius 2 is 0.534 bits per heavy atom. The van der Waals surface area contributed by atoms with Gasteiger partial charge in [0.25, 0.3) is 0 Å². The van der Waals surface area contributed by atoms with Crippen LogP contribution in [0.3, 0.4) is 0 Å². The highest BCUT2D eigenvalue weighted by atomic mass is 16.6. The summed E-state index contributed by atoms with van der Waals surface area (Å²) in [5, 5.41) is 0. The lowest BCUT2D eigenvalue weighted by atomic mass is 10.1. The highest BCUT2D eigenvalue weighted by molar-refractivity contribution is 5.71. The topological polar surface area (TPSA) is 78.9 Å². The molecular formula is C67H112O6. The van der Waals surface area contributed by atoms with Crippen molar-refractivity contribution < 1.29 is 28.6 Å². The zero-order valence-corrected chi connectivity index (χ0v) is 47.6. The third-order valence-corrected chi connectivity index (χ3v) is 12.8. The fourth-order valence-corrected chi connectivity index (χ4v) is 8.22. The fourth-order valence-electron chi connectivity index (χ4n) is 8.22. The molecule has 0 aromatic rings. The molecular weight excluding hydrogens is 901 g/mol. The summed E-state index contributed by atoms with van der Waals surface area (Å²) in [7, 11) is 0. The highest BCUT2D eigenvalue weighted by Crippen LogP contribution is 2.15. The molecule has 0 aromatic heterocycles. The van der Waals surface area contributed by atoms with Crippen LogP contribution in [0.4, 0.5) is 0 Å². The van der Waals surface area contributed by atoms with Gasteiger partial charge in [0.05, 0.1) is 0 Å². The predicted molar refractivity (Wildman–Crippen MR) is 316 cm³/mol. The van der Waals surface area contributed by atoms with E-state index >= 15 is 0 Å². The van der Waals surface area contributed by atoms with E-state index in [0.717, 1.165) is 135 Å². The summed E-state index contributed by atoms with van der Waals surface area (Å²) in [4.78, 5) is 38.1. The predicted octanol–water partition coefficient (Wildman–Crippen LogP) is 20.7. The molecule has 0 saturated heterocycles. The Hall–Kier alpha value is -3.93. The van der Waals surface area contributed by atoms with Crippen LogP contribution in [0.5, 0.6) is 0 Å². The van der Waals surface area contributed by atoms with Crippen LogP contribution >= 0.6 is 0 Å². The normalized spacial score (nSPS) is 12.9. The maximum Gasteiger partial charge on any atom is 0.306 e. The van der Waals surface area contributed by atoms with Crippen LogP contribution in [0, 0.1) is 0 Å². The van der Waals surface area contributed by atoms with E-state index in [-0.39, 0.29) is 31.1 Å². The Bertz CT molecular complexity index is 1490. The zero-order valence-electron chi connectivity index (χ0n) is 47.6. The average molecular weight is 1010 g/mol. The Morgan fingerprint density at radius 3 is 0.863 bits per heavy atom. The molecule has 0 fully saturated rings. The van der Waals surface area contributed by atoms with Gasteiger partial charge in [0.1, 0.15) is 13.2 Å². The molecule has 0 aliphatic heterocycles. The van der Waals surface area contributed by atoms with E-state index in [4.69, 9.17) is 14.2 Å². The minimum absolute atomic E-state index is 0.0841. The molecule has 73 heavy (non-hydrogen) atoms. The fraction of sp³-hybridized carbons (Fsp3) is 0.687. The summed E-state index contributed by atoms with van der Waals surface area (Å²) in [5.41, 5.74) is 0. The van der Waals surface area contributed by atoms with Crippen molar-refractivity contribution in [2.24, 2.45) is 0 Å². The van der Waals surface area contributed by atoms with E-state index < -0.39 is 6.10 Å². The van der Waals surface area contributed by atoms with E-state index in [9.17, 15) is 14.4 Å². The van der Waals surface area contributed by atoms with Crippen LogP contribution in [0.2, 0.25) is 0 Å². The summed E-state index contributed by atoms with van der Waals surface area (Å²) < 4.78 is 16.8. The Labute approximate surface area is 450 Å². The zero-order chi connectivity index (χ0) is 52.9. The maximum absolute atomic E-state index is 12.8. The van der Waals surface area contributed by atoms with Gasteiger partial charge in [-0.1, -0.05) is 259 Å². The quantitative estimate of drug-likeness (QED) is 0.0261. The molecule has 0 heterocycles. The highest BCUT2D eigenvalue weighted by Gasteiger charge is 2.19. The minimum Gasteiger partial charge on any atom is -0.462 e. The molecule has 0 amide bonds. The standard InChI is InChI=1S/C67H112O6/c1-4-7-10-13-16-19-21-23-25-26-27-28-29-30-31-32-33-34-35-36-37-38-39-40-42-43-45-48-51-54-57-60-66(69)72-63-64(62-71-65(68)59-56-53-50-47-18-15-12-9-6-3)73-67(70)61-58-55-52-49-46-44-41-24-22-20-17-14-11-8-5-2/h7,10,16-17,19-20,23-25,27-28,30-31,33-34,36-37,41,64H,4-6,8-9,11-15,18,21-22,26,29,32,35,38-40,42-63H2,1-3H3/b10-7-,19-16-,20-17-,25-23-,28-27-,31-30-,34-33-,37-36-,41-24-. The first kappa shape index (κ1) is 69.1. The SMILES string of the molecule is CC/C=C\C/C=C\C/C=C\C/C=C\C/C=C\C/C=C\C/C=C\CCCCCCCCCCCC(=O)OCC(COC(=O)CCCCCCCCCCC)OC(=O)CCCCCCC/C=C\C/C=C\CCCCC. The van der Waals surface area contributed by atoms with E-state index in [1.807, 2.05) is 0 Å². The maximum atomic E-state index is 12.8. The van der Waals surface area contributed by atoms with Gasteiger partial charge < -0.3 is 14.2 Å². The van der Waals surface area contributed by atoms with E-state index in [0.29, 0.717) is 19.3 Å². The van der Waals surface area contributed by atoms with E-state index in [2.05, 4.69) is 130 Å². The van der Waals surface area contributed by atoms with Crippen molar-refractivity contribution in [1.29, 1.82) is 0 Å². The molecule has 0 rings (SSSR count). The van der Waals surface area contributed by atoms with Crippen LogP contribution in [0.15, 0.2) is 109 Å². The molecule has 6 heteroatoms. The summed E-state index contributed by atoms with van der Waals surface area (Å²) in [6.07, 6.45) is 82.4. The number of rotatable bonds is 54. The number of carbonyl (C=O) groups excluding carboxylic acids is 3. The van der Waals surface area contributed by atoms with Crippen molar-refractivity contribution in [1.82, 2.24) is 0 Å². The molecule has 0 bridgehead atoms. The molecule has 0 aliphatic rings. The van der Waals surface area contributed by atoms with Gasteiger partial charge in [0.2, 0.25) is 0 Å². The van der Waals surface area contributed by atoms with Crippen LogP contribution in [-0.2, 0) is 28.6 Å². The van der Waals surface area contributed by atoms with Gasteiger partial charge in [-0.2, -0.15) is 0 Å². The first-order valence-corrected chi connectivity index (χ1v) is 30.4. The van der Waals surface area contributed by atoms with E-state index in [1.165, 1.54) is 103 Å². The molecule has 0 aliphatic carbocycles. The van der Waals surface area contributed by atoms with Crippen molar-refractivity contribution in [3.63, 3.8) is 0 Å². The molecule has 0 radical (unpaired) electrons. The van der Waals surface area contributed by atoms with Crippen LogP contribution in [-0.4, -0.2) is 37.2 Å². The molecule has 0 spiro atoms. The second kappa shape index (κ2) is 60.6. The molecule has 1 atom stereocenters. The third-order valence-electron chi connectivity index (χ3n) is 12.8. The van der Waals surface area contributed by atoms with Gasteiger partial charge >= 0.3 is 17.9 Å². The monoisotopic (exact) mass is 1010 g/mol. The molecule has 0 N–H and O–H groups in total. The Balaban J connectivity index is 4.21. The van der Waals surface area contributed by atoms with Crippen molar-refractivity contribution in [3.8, 4) is 0 Å². The first-order chi connectivity index (χ1) is 36.0. The van der Waals surface area contributed by atoms with Gasteiger partial charge in [-0.3, -0.25) is 14.4 Å². The van der Waals surface area contributed by atoms with Gasteiger partial charge in [-0.15, -0.1) is 0 Å². The third kappa shape index (κ3) is 58.8. The number of ether oxygens (including phenoxy) is 3. The smallest absolute Gasteiger partial charge is 0.306 e. The molecule has 1 unspecified atom stereocenters. The summed E-state index contributed by atoms with van der Waals surface area (Å²) >= 11 is 0. The lowest BCUT2D eigenvalue weighted by Gasteiger charge is -2.18. The molecule has 0 aromatic carbocycles. The lowest BCUT2D eigenvalue weighted by molar-refractivity contribution is -0.167. The van der Waals surface area contributed by atoms with Crippen molar-refractivity contribution >= 4 is 17.9 Å². The van der Waals surface area contributed by atoms with Crippen molar-refractivity contribution in [2.75, 3.05) is 13.2 Å². The molecule has 0 saturated carbocycles. The summed E-state index contributed by atoms with van der Waals surface area (Å²) in [6, 6.07) is 0. The van der Waals surface area contributed by atoms with Gasteiger partial charge in [-0.25, -0.2) is 0 Å². The minimum atomic E-state index is -0.786. The van der Waals surface area contributed by atoms with Crippen LogP contribution in [0.1, 0.15) is 278 Å². The number of hydrogen-bond acceptors (Lipinski definition) is 6. The van der Waals surface area contributed by atoms with Crippen molar-refractivity contribution in [2.45, 2.75) is 284 Å². The van der Waals surface area contributed by atoms with Gasteiger partial charge in [0.15, 0.2) is 6.10 Å². The van der Waals surface area contributed by atoms with Gasteiger partial charge in [0, 0.05) is 19.3 Å². The molecule has 6 nitrogen and oxygen atoms in total. The average Bonchev–Trinajstić information content (AvgIpc) is 3.39. The van der Waals surface area contributed by atoms with Crippen molar-refractivity contribution in [3.05, 3.63) is 109 Å². The second-order valence-electron chi connectivity index (χ2n) is 19.9. The Kier molecular flexibility index (Phi) is 57.4. The summed E-state index contributed by atoms with van der Waals surface area (Å²) in [5.74, 6) is -0.905. The number of hydrogen-bond donors (Lipinski definition) is 0. The number of carbonyl (C=O) groups is 3. The Morgan fingerprint density at radius 1 is 0.288 bits per heavy atom. The number of unbranched alkanes of at least 4 members (excludes halogenated alkanes) is 25. The van der Waals surface area contributed by atoms with E-state index in [1.54, 1.807) is 0 Å². The van der Waals surface area contributed by atoms with Crippen LogP contribution < -0.4 is 0 Å². The van der Waals surface area contributed by atoms with Gasteiger partial charge in [-0.05, 0) is 109 Å². The largest absolute Gasteiger partial charge is 0.462 e. The summed E-state index contributed by atoms with van der Waals surface area (Å²) in [6.45, 7) is 6.47. The number of esters is 3.